The number of hydrogen-bond acceptors (Lipinski definition) is 15. The van der Waals surface area contributed by atoms with Gasteiger partial charge in [-0.3, -0.25) is 14.4 Å². The number of ether oxygens (including phenoxy) is 5. The van der Waals surface area contributed by atoms with Crippen molar-refractivity contribution in [3.05, 3.63) is 71.4 Å². The molecule has 1 aliphatic carbocycles. The van der Waals surface area contributed by atoms with Gasteiger partial charge in [0.1, 0.15) is 55.4 Å². The molecule has 290 valence electrons. The van der Waals surface area contributed by atoms with Crippen LogP contribution >= 0.6 is 0 Å². The second kappa shape index (κ2) is 19.1. The summed E-state index contributed by atoms with van der Waals surface area (Å²) in [7, 11) is 0. The van der Waals surface area contributed by atoms with E-state index in [4.69, 9.17) is 23.7 Å². The quantitative estimate of drug-likeness (QED) is 0.0941. The van der Waals surface area contributed by atoms with Gasteiger partial charge in [0.25, 0.3) is 0 Å². The van der Waals surface area contributed by atoms with Crippen LogP contribution in [-0.4, -0.2) is 134 Å². The molecule has 3 rings (SSSR count). The van der Waals surface area contributed by atoms with Crippen LogP contribution in [0.2, 0.25) is 0 Å². The zero-order valence-electron chi connectivity index (χ0n) is 30.0. The Hall–Kier alpha value is -3.35. The highest BCUT2D eigenvalue weighted by Gasteiger charge is 2.50. The number of carbonyl (C=O) groups excluding carboxylic acids is 3. The molecule has 15 nitrogen and oxygen atoms in total. The Labute approximate surface area is 302 Å². The van der Waals surface area contributed by atoms with Crippen LogP contribution in [0.5, 0.6) is 0 Å². The van der Waals surface area contributed by atoms with Gasteiger partial charge in [0.2, 0.25) is 0 Å². The third kappa shape index (κ3) is 11.1. The summed E-state index contributed by atoms with van der Waals surface area (Å²) in [6.07, 6.45) is -5.70. The third-order valence-electron chi connectivity index (χ3n) is 9.12. The van der Waals surface area contributed by atoms with Gasteiger partial charge in [-0.1, -0.05) is 74.1 Å². The average molecular weight is 737 g/mol. The van der Waals surface area contributed by atoms with E-state index in [9.17, 15) is 50.1 Å². The first kappa shape index (κ1) is 43.1. The zero-order valence-corrected chi connectivity index (χ0v) is 30.0. The highest BCUT2D eigenvalue weighted by Crippen LogP contribution is 2.41. The molecule has 0 bridgehead atoms. The van der Waals surface area contributed by atoms with E-state index in [1.54, 1.807) is 13.0 Å². The van der Waals surface area contributed by atoms with Crippen molar-refractivity contribution in [3.63, 3.8) is 0 Å². The SMILES string of the molecule is C=C/C=C(C)/C=C/C=C(C)/C=C/C1=C(C)C(=O)C(OC(=O)CCC(=O)OCC2OC(O)C(O)C(O)C2OC2OC(CO)C(O)C(O)C2O)CC1(C)C. The van der Waals surface area contributed by atoms with Gasteiger partial charge in [-0.05, 0) is 37.3 Å². The van der Waals surface area contributed by atoms with E-state index < -0.39 is 111 Å². The van der Waals surface area contributed by atoms with Crippen LogP contribution in [0, 0.1) is 5.41 Å². The smallest absolute Gasteiger partial charge is 0.307 e. The van der Waals surface area contributed by atoms with Gasteiger partial charge in [-0.25, -0.2) is 0 Å². The van der Waals surface area contributed by atoms with Gasteiger partial charge in [0, 0.05) is 6.42 Å². The van der Waals surface area contributed by atoms with Gasteiger partial charge in [-0.15, -0.1) is 0 Å². The van der Waals surface area contributed by atoms with Crippen LogP contribution in [0.4, 0.5) is 0 Å². The Bertz CT molecular complexity index is 1440. The van der Waals surface area contributed by atoms with Crippen molar-refractivity contribution in [2.45, 2.75) is 121 Å². The first-order valence-corrected chi connectivity index (χ1v) is 17.0. The normalized spacial score (nSPS) is 34.5. The molecule has 3 aliphatic rings. The molecule has 2 saturated heterocycles. The van der Waals surface area contributed by atoms with Crippen molar-refractivity contribution in [1.82, 2.24) is 0 Å². The monoisotopic (exact) mass is 736 g/mol. The van der Waals surface area contributed by atoms with E-state index in [0.29, 0.717) is 5.57 Å². The Morgan fingerprint density at radius 3 is 2.19 bits per heavy atom. The number of carbonyl (C=O) groups is 3. The van der Waals surface area contributed by atoms with Gasteiger partial charge in [-0.2, -0.15) is 0 Å². The first-order valence-electron chi connectivity index (χ1n) is 17.0. The number of rotatable bonds is 14. The summed E-state index contributed by atoms with van der Waals surface area (Å²) in [4.78, 5) is 38.5. The molecule has 0 amide bonds. The summed E-state index contributed by atoms with van der Waals surface area (Å²) in [5.41, 5.74) is 2.76. The summed E-state index contributed by atoms with van der Waals surface area (Å²) in [5.74, 6) is -2.07. The second-order valence-electron chi connectivity index (χ2n) is 13.7. The summed E-state index contributed by atoms with van der Waals surface area (Å²) >= 11 is 0. The fourth-order valence-corrected chi connectivity index (χ4v) is 6.08. The Morgan fingerprint density at radius 2 is 1.54 bits per heavy atom. The minimum absolute atomic E-state index is 0.221. The molecular weight excluding hydrogens is 684 g/mol. The molecule has 0 saturated carbocycles. The molecule has 7 N–H and O–H groups in total. The van der Waals surface area contributed by atoms with Crippen molar-refractivity contribution >= 4 is 17.7 Å². The summed E-state index contributed by atoms with van der Waals surface area (Å²) in [6.45, 7) is 11.7. The Morgan fingerprint density at radius 1 is 0.885 bits per heavy atom. The number of hydrogen-bond donors (Lipinski definition) is 7. The lowest BCUT2D eigenvalue weighted by molar-refractivity contribution is -0.355. The number of aliphatic hydroxyl groups is 7. The van der Waals surface area contributed by atoms with Gasteiger partial charge < -0.3 is 59.4 Å². The maximum atomic E-state index is 13.2. The third-order valence-corrected chi connectivity index (χ3v) is 9.12. The molecule has 0 aromatic carbocycles. The first-order chi connectivity index (χ1) is 24.4. The molecular formula is C37H52O15. The number of allylic oxidation sites excluding steroid dienone is 10. The summed E-state index contributed by atoms with van der Waals surface area (Å²) < 4.78 is 26.7. The molecule has 0 radical (unpaired) electrons. The van der Waals surface area contributed by atoms with E-state index >= 15 is 0 Å². The van der Waals surface area contributed by atoms with E-state index in [0.717, 1.165) is 16.7 Å². The number of Topliss-reactive ketones (excluding diaryl/α,β-unsaturated/α-hetero) is 1. The predicted octanol–water partition coefficient (Wildman–Crippen LogP) is 0.352. The molecule has 2 aliphatic heterocycles. The standard InChI is InChI=1S/C37H52O15/c1-7-9-19(2)10-8-11-20(3)12-13-22-21(4)28(41)23(16-37(22,5)6)49-27(40)15-14-26(39)48-18-25-34(31(44)32(45)35(47)50-25)52-36-33(46)30(43)29(42)24(17-38)51-36/h7-13,23-25,29-36,38,42-47H,1,14-18H2,2-6H3/b10-8+,13-12+,19-9+,20-11+. The summed E-state index contributed by atoms with van der Waals surface area (Å²) in [5, 5.41) is 70.6. The minimum atomic E-state index is -1.92. The van der Waals surface area contributed by atoms with Gasteiger partial charge >= 0.3 is 11.9 Å². The van der Waals surface area contributed by atoms with Crippen LogP contribution in [-0.2, 0) is 38.1 Å². The van der Waals surface area contributed by atoms with Gasteiger partial charge in [0.05, 0.1) is 19.4 Å². The largest absolute Gasteiger partial charge is 0.463 e. The number of aliphatic hydroxyl groups excluding tert-OH is 7. The van der Waals surface area contributed by atoms with Crippen molar-refractivity contribution in [1.29, 1.82) is 0 Å². The van der Waals surface area contributed by atoms with Crippen LogP contribution < -0.4 is 0 Å². The van der Waals surface area contributed by atoms with E-state index in [1.807, 2.05) is 64.2 Å². The molecule has 2 heterocycles. The van der Waals surface area contributed by atoms with Crippen LogP contribution in [0.3, 0.4) is 0 Å². The molecule has 52 heavy (non-hydrogen) atoms. The molecule has 0 spiro atoms. The lowest BCUT2D eigenvalue weighted by atomic mass is 9.71. The van der Waals surface area contributed by atoms with Crippen LogP contribution in [0.15, 0.2) is 71.4 Å². The highest BCUT2D eigenvalue weighted by atomic mass is 16.7. The maximum absolute atomic E-state index is 13.2. The van der Waals surface area contributed by atoms with Crippen molar-refractivity contribution in [2.24, 2.45) is 5.41 Å². The fourth-order valence-electron chi connectivity index (χ4n) is 6.08. The number of ketones is 1. The van der Waals surface area contributed by atoms with E-state index in [-0.39, 0.29) is 12.2 Å². The topological polar surface area (TPSA) is 239 Å². The Balaban J connectivity index is 1.57. The predicted molar refractivity (Wildman–Crippen MR) is 184 cm³/mol. The average Bonchev–Trinajstić information content (AvgIpc) is 3.08. The molecule has 11 unspecified atom stereocenters. The molecule has 15 heteroatoms. The summed E-state index contributed by atoms with van der Waals surface area (Å²) in [6, 6.07) is 0. The lowest BCUT2D eigenvalue weighted by Crippen LogP contribution is -2.64. The molecule has 2 fully saturated rings. The second-order valence-corrected chi connectivity index (χ2v) is 13.7. The van der Waals surface area contributed by atoms with E-state index in [1.165, 1.54) is 0 Å². The highest BCUT2D eigenvalue weighted by molar-refractivity contribution is 6.01. The van der Waals surface area contributed by atoms with Gasteiger partial charge in [0.15, 0.2) is 24.5 Å². The van der Waals surface area contributed by atoms with E-state index in [2.05, 4.69) is 6.58 Å². The van der Waals surface area contributed by atoms with Crippen LogP contribution in [0.1, 0.15) is 53.9 Å². The molecule has 0 aromatic heterocycles. The fraction of sp³-hybridized carbons (Fsp3) is 0.595. The zero-order chi connectivity index (χ0) is 38.9. The van der Waals surface area contributed by atoms with Crippen LogP contribution in [0.25, 0.3) is 0 Å². The minimum Gasteiger partial charge on any atom is -0.463 e. The van der Waals surface area contributed by atoms with Crippen molar-refractivity contribution < 1.29 is 73.8 Å². The maximum Gasteiger partial charge on any atom is 0.307 e. The molecule has 11 atom stereocenters. The number of esters is 2. The lowest BCUT2D eigenvalue weighted by Gasteiger charge is -2.45. The van der Waals surface area contributed by atoms with Crippen molar-refractivity contribution in [2.75, 3.05) is 13.2 Å². The Kier molecular flexibility index (Phi) is 15.8. The van der Waals surface area contributed by atoms with Crippen molar-refractivity contribution in [3.8, 4) is 0 Å². The molecule has 0 aromatic rings.